The summed E-state index contributed by atoms with van der Waals surface area (Å²) < 4.78 is 5.34. The number of fused-ring (bicyclic) bond motifs is 1. The number of hydrogen-bond donors (Lipinski definition) is 1. The van der Waals surface area contributed by atoms with Crippen LogP contribution in [-0.2, 0) is 22.6 Å². The van der Waals surface area contributed by atoms with Crippen LogP contribution >= 0.6 is 0 Å². The minimum Gasteiger partial charge on any atom is -0.461 e. The molecular weight excluding hydrogens is 262 g/mol. The highest BCUT2D eigenvalue weighted by Crippen LogP contribution is 2.25. The highest BCUT2D eigenvalue weighted by molar-refractivity contribution is 5.71. The van der Waals surface area contributed by atoms with Crippen molar-refractivity contribution < 1.29 is 9.53 Å². The Morgan fingerprint density at radius 2 is 1.86 bits per heavy atom. The van der Waals surface area contributed by atoms with E-state index in [4.69, 9.17) is 4.74 Å². The van der Waals surface area contributed by atoms with E-state index in [1.165, 1.54) is 5.56 Å². The minimum atomic E-state index is -0.143. The van der Waals surface area contributed by atoms with Gasteiger partial charge in [-0.15, -0.1) is 0 Å². The third kappa shape index (κ3) is 3.63. The molecule has 3 heteroatoms. The van der Waals surface area contributed by atoms with Gasteiger partial charge in [0.05, 0.1) is 6.42 Å². The Kier molecular flexibility index (Phi) is 4.20. The Bertz CT molecular complexity index is 610. The van der Waals surface area contributed by atoms with Gasteiger partial charge in [-0.25, -0.2) is 0 Å². The van der Waals surface area contributed by atoms with E-state index in [1.54, 1.807) is 0 Å². The van der Waals surface area contributed by atoms with Crippen LogP contribution in [0.1, 0.15) is 24.0 Å². The van der Waals surface area contributed by atoms with Gasteiger partial charge in [-0.3, -0.25) is 4.79 Å². The Morgan fingerprint density at radius 1 is 1.10 bits per heavy atom. The summed E-state index contributed by atoms with van der Waals surface area (Å²) in [5, 5.41) is 3.43. The van der Waals surface area contributed by atoms with Crippen LogP contribution in [0.15, 0.2) is 54.6 Å². The quantitative estimate of drug-likeness (QED) is 0.871. The van der Waals surface area contributed by atoms with Crippen molar-refractivity contribution in [3.05, 3.63) is 65.7 Å². The molecule has 3 nitrogen and oxygen atoms in total. The fourth-order valence-electron chi connectivity index (χ4n) is 2.65. The van der Waals surface area contributed by atoms with E-state index < -0.39 is 0 Å². The first-order valence-corrected chi connectivity index (χ1v) is 7.35. The number of benzene rings is 2. The minimum absolute atomic E-state index is 0.143. The van der Waals surface area contributed by atoms with Crippen LogP contribution in [0, 0.1) is 0 Å². The second-order valence-electron chi connectivity index (χ2n) is 5.39. The third-order valence-corrected chi connectivity index (χ3v) is 3.79. The summed E-state index contributed by atoms with van der Waals surface area (Å²) in [5.74, 6) is -0.143. The summed E-state index contributed by atoms with van der Waals surface area (Å²) in [6, 6.07) is 18.2. The van der Waals surface area contributed by atoms with Crippen LogP contribution in [0.3, 0.4) is 0 Å². The number of anilines is 1. The molecule has 0 bridgehead atoms. The van der Waals surface area contributed by atoms with Gasteiger partial charge in [0.25, 0.3) is 0 Å². The van der Waals surface area contributed by atoms with E-state index in [-0.39, 0.29) is 12.0 Å². The Balaban J connectivity index is 1.50. The summed E-state index contributed by atoms with van der Waals surface area (Å²) >= 11 is 0. The summed E-state index contributed by atoms with van der Waals surface area (Å²) in [6.45, 7) is 0.350. The highest BCUT2D eigenvalue weighted by Gasteiger charge is 2.20. The smallest absolute Gasteiger partial charge is 0.308 e. The summed E-state index contributed by atoms with van der Waals surface area (Å²) in [4.78, 5) is 11.9. The van der Waals surface area contributed by atoms with Gasteiger partial charge in [0.1, 0.15) is 6.61 Å². The SMILES string of the molecule is O=C(CC1CCc2ccccc2N1)OCc1ccccc1. The largest absolute Gasteiger partial charge is 0.461 e. The lowest BCUT2D eigenvalue weighted by Crippen LogP contribution is -2.28. The maximum Gasteiger partial charge on any atom is 0.308 e. The van der Waals surface area contributed by atoms with Crippen molar-refractivity contribution in [2.45, 2.75) is 31.9 Å². The van der Waals surface area contributed by atoms with E-state index in [1.807, 2.05) is 36.4 Å². The first-order valence-electron chi connectivity index (χ1n) is 7.35. The van der Waals surface area contributed by atoms with Crippen molar-refractivity contribution in [3.8, 4) is 0 Å². The Morgan fingerprint density at radius 3 is 2.71 bits per heavy atom. The molecule has 1 heterocycles. The Labute approximate surface area is 124 Å². The van der Waals surface area contributed by atoms with Crippen molar-refractivity contribution in [2.75, 3.05) is 5.32 Å². The second-order valence-corrected chi connectivity index (χ2v) is 5.39. The van der Waals surface area contributed by atoms with Gasteiger partial charge >= 0.3 is 5.97 Å². The van der Waals surface area contributed by atoms with Crippen LogP contribution in [0.4, 0.5) is 5.69 Å². The lowest BCUT2D eigenvalue weighted by Gasteiger charge is -2.26. The zero-order valence-electron chi connectivity index (χ0n) is 11.9. The van der Waals surface area contributed by atoms with E-state index in [2.05, 4.69) is 23.5 Å². The molecule has 0 aromatic heterocycles. The molecule has 0 radical (unpaired) electrons. The zero-order chi connectivity index (χ0) is 14.5. The molecule has 2 aromatic rings. The number of nitrogens with one attached hydrogen (secondary N) is 1. The fourth-order valence-corrected chi connectivity index (χ4v) is 2.65. The van der Waals surface area contributed by atoms with Crippen LogP contribution in [-0.4, -0.2) is 12.0 Å². The number of carbonyl (C=O) groups excluding carboxylic acids is 1. The maximum atomic E-state index is 11.9. The van der Waals surface area contributed by atoms with Crippen LogP contribution in [0.25, 0.3) is 0 Å². The summed E-state index contributed by atoms with van der Waals surface area (Å²) in [7, 11) is 0. The van der Waals surface area contributed by atoms with Crippen molar-refractivity contribution in [1.29, 1.82) is 0 Å². The topological polar surface area (TPSA) is 38.3 Å². The monoisotopic (exact) mass is 281 g/mol. The lowest BCUT2D eigenvalue weighted by atomic mass is 9.96. The standard InChI is InChI=1S/C18H19NO2/c20-18(21-13-14-6-2-1-3-7-14)12-16-11-10-15-8-4-5-9-17(15)19-16/h1-9,16,19H,10-13H2. The van der Waals surface area contributed by atoms with Gasteiger partial charge in [-0.05, 0) is 30.0 Å². The number of para-hydroxylation sites is 1. The molecule has 1 N–H and O–H groups in total. The lowest BCUT2D eigenvalue weighted by molar-refractivity contribution is -0.145. The fraction of sp³-hybridized carbons (Fsp3) is 0.278. The van der Waals surface area contributed by atoms with Crippen LogP contribution in [0.5, 0.6) is 0 Å². The number of hydrogen-bond acceptors (Lipinski definition) is 3. The van der Waals surface area contributed by atoms with Gasteiger partial charge in [-0.2, -0.15) is 0 Å². The number of ether oxygens (including phenoxy) is 1. The number of esters is 1. The summed E-state index contributed by atoms with van der Waals surface area (Å²) in [5.41, 5.74) is 3.49. The van der Waals surface area contributed by atoms with Crippen LogP contribution in [0.2, 0.25) is 0 Å². The zero-order valence-corrected chi connectivity index (χ0v) is 11.9. The van der Waals surface area contributed by atoms with Gasteiger partial charge in [-0.1, -0.05) is 48.5 Å². The third-order valence-electron chi connectivity index (χ3n) is 3.79. The van der Waals surface area contributed by atoms with E-state index >= 15 is 0 Å². The predicted molar refractivity (Wildman–Crippen MR) is 83.0 cm³/mol. The molecule has 21 heavy (non-hydrogen) atoms. The van der Waals surface area contributed by atoms with E-state index in [0.717, 1.165) is 24.1 Å². The van der Waals surface area contributed by atoms with Gasteiger partial charge < -0.3 is 10.1 Å². The van der Waals surface area contributed by atoms with Crippen molar-refractivity contribution in [3.63, 3.8) is 0 Å². The molecule has 0 fully saturated rings. The van der Waals surface area contributed by atoms with Gasteiger partial charge in [0.15, 0.2) is 0 Å². The highest BCUT2D eigenvalue weighted by atomic mass is 16.5. The average Bonchev–Trinajstić information content (AvgIpc) is 2.54. The van der Waals surface area contributed by atoms with Gasteiger partial charge in [0, 0.05) is 11.7 Å². The molecule has 1 atom stereocenters. The average molecular weight is 281 g/mol. The first kappa shape index (κ1) is 13.7. The predicted octanol–water partition coefficient (Wildman–Crippen LogP) is 3.55. The maximum absolute atomic E-state index is 11.9. The summed E-state index contributed by atoms with van der Waals surface area (Å²) in [6.07, 6.45) is 2.40. The molecule has 0 aliphatic carbocycles. The normalized spacial score (nSPS) is 16.7. The number of rotatable bonds is 4. The molecule has 1 unspecified atom stereocenters. The Hall–Kier alpha value is -2.29. The van der Waals surface area contributed by atoms with E-state index in [0.29, 0.717) is 13.0 Å². The van der Waals surface area contributed by atoms with E-state index in [9.17, 15) is 4.79 Å². The molecule has 0 spiro atoms. The van der Waals surface area contributed by atoms with Gasteiger partial charge in [0.2, 0.25) is 0 Å². The molecule has 0 saturated heterocycles. The number of carbonyl (C=O) groups is 1. The molecule has 1 aliphatic rings. The van der Waals surface area contributed by atoms with Crippen molar-refractivity contribution in [1.82, 2.24) is 0 Å². The van der Waals surface area contributed by atoms with Crippen LogP contribution < -0.4 is 5.32 Å². The second kappa shape index (κ2) is 6.44. The van der Waals surface area contributed by atoms with Crippen molar-refractivity contribution in [2.24, 2.45) is 0 Å². The van der Waals surface area contributed by atoms with Crippen molar-refractivity contribution >= 4 is 11.7 Å². The first-order chi connectivity index (χ1) is 10.3. The molecule has 2 aromatic carbocycles. The molecule has 0 saturated carbocycles. The molecule has 0 amide bonds. The molecule has 3 rings (SSSR count). The molecular formula is C18H19NO2. The molecule has 108 valence electrons. The number of aryl methyl sites for hydroxylation is 1. The molecule has 1 aliphatic heterocycles.